The Kier molecular flexibility index (Phi) is 4.62. The van der Waals surface area contributed by atoms with Crippen LogP contribution >= 0.6 is 23.4 Å². The first-order valence-electron chi connectivity index (χ1n) is 5.64. The third kappa shape index (κ3) is 3.59. The van der Waals surface area contributed by atoms with Crippen LogP contribution in [-0.4, -0.2) is 34.9 Å². The summed E-state index contributed by atoms with van der Waals surface area (Å²) < 4.78 is 0. The number of non-ortho nitro benzene ring substituents is 1. The minimum Gasteiger partial charge on any atom is -0.323 e. The number of carbonyl (C=O) groups is 1. The minimum atomic E-state index is -0.531. The van der Waals surface area contributed by atoms with Gasteiger partial charge in [0.25, 0.3) is 5.69 Å². The zero-order chi connectivity index (χ0) is 13.8. The van der Waals surface area contributed by atoms with Gasteiger partial charge >= 0.3 is 0 Å². The van der Waals surface area contributed by atoms with Crippen molar-refractivity contribution in [3.05, 3.63) is 33.3 Å². The lowest BCUT2D eigenvalue weighted by Gasteiger charge is -2.22. The zero-order valence-electron chi connectivity index (χ0n) is 9.89. The summed E-state index contributed by atoms with van der Waals surface area (Å²) in [6, 6.07) is 3.71. The molecule has 0 saturated carbocycles. The number of hydrogen-bond donors (Lipinski definition) is 2. The van der Waals surface area contributed by atoms with Gasteiger partial charge in [0.15, 0.2) is 0 Å². The fraction of sp³-hybridized carbons (Fsp3) is 0.364. The van der Waals surface area contributed by atoms with Crippen LogP contribution in [0.1, 0.15) is 0 Å². The smallest absolute Gasteiger partial charge is 0.271 e. The molecule has 102 valence electrons. The number of benzene rings is 1. The summed E-state index contributed by atoms with van der Waals surface area (Å²) in [6.07, 6.45) is 0. The molecule has 0 spiro atoms. The van der Waals surface area contributed by atoms with Crippen molar-refractivity contribution in [1.29, 1.82) is 0 Å². The van der Waals surface area contributed by atoms with E-state index < -0.39 is 4.92 Å². The average Bonchev–Trinajstić information content (AvgIpc) is 2.41. The molecule has 1 fully saturated rings. The van der Waals surface area contributed by atoms with Crippen molar-refractivity contribution in [1.82, 2.24) is 5.32 Å². The van der Waals surface area contributed by atoms with Gasteiger partial charge in [-0.1, -0.05) is 11.6 Å². The van der Waals surface area contributed by atoms with Gasteiger partial charge in [-0.2, -0.15) is 11.8 Å². The molecule has 1 aromatic carbocycles. The Balaban J connectivity index is 2.06. The molecule has 1 heterocycles. The Hall–Kier alpha value is -1.31. The van der Waals surface area contributed by atoms with E-state index in [2.05, 4.69) is 10.6 Å². The third-order valence-electron chi connectivity index (χ3n) is 2.66. The van der Waals surface area contributed by atoms with Crippen LogP contribution in [0.25, 0.3) is 0 Å². The second-order valence-electron chi connectivity index (χ2n) is 3.99. The highest BCUT2D eigenvalue weighted by atomic mass is 35.5. The van der Waals surface area contributed by atoms with E-state index in [1.807, 2.05) is 0 Å². The summed E-state index contributed by atoms with van der Waals surface area (Å²) >= 11 is 7.62. The highest BCUT2D eigenvalue weighted by Gasteiger charge is 2.21. The zero-order valence-corrected chi connectivity index (χ0v) is 11.5. The van der Waals surface area contributed by atoms with Crippen molar-refractivity contribution in [2.75, 3.05) is 23.4 Å². The average molecular weight is 302 g/mol. The third-order valence-corrected chi connectivity index (χ3v) is 4.03. The van der Waals surface area contributed by atoms with Crippen LogP contribution in [0.3, 0.4) is 0 Å². The summed E-state index contributed by atoms with van der Waals surface area (Å²) in [6.45, 7) is 0.788. The summed E-state index contributed by atoms with van der Waals surface area (Å²) in [5, 5.41) is 16.5. The molecule has 8 heteroatoms. The number of amides is 1. The fourth-order valence-corrected chi connectivity index (χ4v) is 2.83. The number of nitrogens with zero attached hydrogens (tertiary/aromatic N) is 1. The number of hydrogen-bond acceptors (Lipinski definition) is 5. The second kappa shape index (κ2) is 6.23. The Morgan fingerprint density at radius 1 is 1.58 bits per heavy atom. The van der Waals surface area contributed by atoms with E-state index in [4.69, 9.17) is 11.6 Å². The van der Waals surface area contributed by atoms with Crippen LogP contribution in [0, 0.1) is 10.1 Å². The topological polar surface area (TPSA) is 84.3 Å². The van der Waals surface area contributed by atoms with E-state index in [1.54, 1.807) is 11.8 Å². The predicted octanol–water partition coefficient (Wildman–Crippen LogP) is 1.89. The van der Waals surface area contributed by atoms with Crippen molar-refractivity contribution in [3.8, 4) is 0 Å². The summed E-state index contributed by atoms with van der Waals surface area (Å²) in [4.78, 5) is 22.0. The number of nitro benzene ring substituents is 1. The Morgan fingerprint density at radius 3 is 2.95 bits per heavy atom. The molecule has 1 saturated heterocycles. The molecule has 2 N–H and O–H groups in total. The fourth-order valence-electron chi connectivity index (χ4n) is 1.67. The summed E-state index contributed by atoms with van der Waals surface area (Å²) in [7, 11) is 0. The highest BCUT2D eigenvalue weighted by molar-refractivity contribution is 7.99. The van der Waals surface area contributed by atoms with Gasteiger partial charge in [-0.3, -0.25) is 14.9 Å². The number of rotatable bonds is 3. The van der Waals surface area contributed by atoms with Gasteiger partial charge in [0.1, 0.15) is 0 Å². The molecule has 0 aromatic heterocycles. The van der Waals surface area contributed by atoms with Crippen molar-refractivity contribution in [3.63, 3.8) is 0 Å². The number of thioether (sulfide) groups is 1. The first kappa shape index (κ1) is 14.1. The number of carbonyl (C=O) groups excluding carboxylic acids is 1. The van der Waals surface area contributed by atoms with Gasteiger partial charge in [-0.25, -0.2) is 0 Å². The monoisotopic (exact) mass is 301 g/mol. The Bertz CT molecular complexity index is 506. The number of anilines is 1. The number of nitrogens with one attached hydrogen (secondary N) is 2. The SMILES string of the molecule is O=C(Nc1ccc([N+](=O)[O-])cc1Cl)C1CSCCN1. The molecule has 1 aliphatic heterocycles. The molecule has 6 nitrogen and oxygen atoms in total. The van der Waals surface area contributed by atoms with Gasteiger partial charge < -0.3 is 10.6 Å². The van der Waals surface area contributed by atoms with Crippen LogP contribution in [0.4, 0.5) is 11.4 Å². The molecule has 2 rings (SSSR count). The molecule has 1 aromatic rings. The van der Waals surface area contributed by atoms with E-state index in [1.165, 1.54) is 18.2 Å². The molecule has 0 radical (unpaired) electrons. The first-order valence-corrected chi connectivity index (χ1v) is 7.17. The van der Waals surface area contributed by atoms with Crippen LogP contribution in [0.15, 0.2) is 18.2 Å². The molecule has 1 aliphatic rings. The largest absolute Gasteiger partial charge is 0.323 e. The molecule has 0 bridgehead atoms. The lowest BCUT2D eigenvalue weighted by Crippen LogP contribution is -2.46. The maximum Gasteiger partial charge on any atom is 0.271 e. The van der Waals surface area contributed by atoms with Gasteiger partial charge in [0, 0.05) is 30.2 Å². The molecule has 0 aliphatic carbocycles. The van der Waals surface area contributed by atoms with E-state index >= 15 is 0 Å². The van der Waals surface area contributed by atoms with Crippen molar-refractivity contribution in [2.45, 2.75) is 6.04 Å². The van der Waals surface area contributed by atoms with Gasteiger partial charge in [0.2, 0.25) is 5.91 Å². The van der Waals surface area contributed by atoms with Crippen molar-refractivity contribution in [2.24, 2.45) is 0 Å². The quantitative estimate of drug-likeness (QED) is 0.658. The van der Waals surface area contributed by atoms with Gasteiger partial charge in [-0.15, -0.1) is 0 Å². The maximum atomic E-state index is 12.0. The highest BCUT2D eigenvalue weighted by Crippen LogP contribution is 2.26. The van der Waals surface area contributed by atoms with E-state index in [0.717, 1.165) is 12.3 Å². The van der Waals surface area contributed by atoms with Gasteiger partial charge in [-0.05, 0) is 6.07 Å². The predicted molar refractivity (Wildman–Crippen MR) is 75.9 cm³/mol. The normalized spacial score (nSPS) is 18.9. The second-order valence-corrected chi connectivity index (χ2v) is 5.55. The van der Waals surface area contributed by atoms with Crippen molar-refractivity contribution < 1.29 is 9.72 Å². The molecule has 19 heavy (non-hydrogen) atoms. The molecule has 1 atom stereocenters. The Morgan fingerprint density at radius 2 is 2.37 bits per heavy atom. The minimum absolute atomic E-state index is 0.102. The molecular formula is C11H12ClN3O3S. The molecule has 1 amide bonds. The summed E-state index contributed by atoms with van der Waals surface area (Å²) in [5.74, 6) is 1.52. The number of halogens is 1. The van der Waals surface area contributed by atoms with Crippen LogP contribution < -0.4 is 10.6 Å². The van der Waals surface area contributed by atoms with Crippen LogP contribution in [-0.2, 0) is 4.79 Å². The van der Waals surface area contributed by atoms with Crippen LogP contribution in [0.5, 0.6) is 0 Å². The molecular weight excluding hydrogens is 290 g/mol. The van der Waals surface area contributed by atoms with Crippen molar-refractivity contribution >= 4 is 40.6 Å². The number of nitro groups is 1. The van der Waals surface area contributed by atoms with E-state index in [9.17, 15) is 14.9 Å². The lowest BCUT2D eigenvalue weighted by molar-refractivity contribution is -0.384. The maximum absolute atomic E-state index is 12.0. The lowest BCUT2D eigenvalue weighted by atomic mass is 10.2. The Labute approximate surface area is 119 Å². The summed E-state index contributed by atoms with van der Waals surface area (Å²) in [5.41, 5.74) is 0.281. The van der Waals surface area contributed by atoms with E-state index in [-0.39, 0.29) is 22.7 Å². The van der Waals surface area contributed by atoms with E-state index in [0.29, 0.717) is 11.4 Å². The molecule has 1 unspecified atom stereocenters. The van der Waals surface area contributed by atoms with Crippen LogP contribution in [0.2, 0.25) is 5.02 Å². The first-order chi connectivity index (χ1) is 9.08. The van der Waals surface area contributed by atoms with Gasteiger partial charge in [0.05, 0.1) is 21.7 Å². The standard InChI is InChI=1S/C11H12ClN3O3S/c12-8-5-7(15(17)18)1-2-9(8)14-11(16)10-6-19-4-3-13-10/h1-2,5,10,13H,3-4,6H2,(H,14,16).